The molecule has 1 heterocycles. The Balaban J connectivity index is 1.69. The van der Waals surface area contributed by atoms with E-state index in [9.17, 15) is 14.9 Å². The van der Waals surface area contributed by atoms with Gasteiger partial charge in [0.2, 0.25) is 0 Å². The molecule has 3 rings (SSSR count). The predicted octanol–water partition coefficient (Wildman–Crippen LogP) is 4.13. The zero-order chi connectivity index (χ0) is 20.1. The van der Waals surface area contributed by atoms with Gasteiger partial charge in [-0.05, 0) is 24.3 Å². The molecule has 0 aliphatic rings. The summed E-state index contributed by atoms with van der Waals surface area (Å²) in [6.07, 6.45) is 0. The zero-order valence-electron chi connectivity index (χ0n) is 15.2. The highest BCUT2D eigenvalue weighted by Crippen LogP contribution is 2.28. The minimum Gasteiger partial charge on any atom is -0.497 e. The summed E-state index contributed by atoms with van der Waals surface area (Å²) in [5.74, 6) is 0.0778. The van der Waals surface area contributed by atoms with Gasteiger partial charge in [-0.25, -0.2) is 9.78 Å². The number of carbonyl (C=O) groups excluding carboxylic acids is 1. The molecule has 144 valence electrons. The van der Waals surface area contributed by atoms with Gasteiger partial charge in [0.05, 0.1) is 23.3 Å². The number of thiazole rings is 1. The fourth-order valence-corrected chi connectivity index (χ4v) is 3.31. The third kappa shape index (κ3) is 4.26. The van der Waals surface area contributed by atoms with Crippen LogP contribution < -0.4 is 10.1 Å². The minimum absolute atomic E-state index is 0.0269. The normalized spacial score (nSPS) is 10.4. The number of nitrogens with one attached hydrogen (secondary N) is 1. The Morgan fingerprint density at radius 3 is 2.82 bits per heavy atom. The van der Waals surface area contributed by atoms with Gasteiger partial charge < -0.3 is 14.8 Å². The number of hydrogen-bond donors (Lipinski definition) is 1. The topological polar surface area (TPSA) is 104 Å². The van der Waals surface area contributed by atoms with Gasteiger partial charge in [0.1, 0.15) is 23.1 Å². The highest BCUT2D eigenvalue weighted by atomic mass is 32.1. The fraction of sp³-hybridized carbons (Fsp3) is 0.158. The summed E-state index contributed by atoms with van der Waals surface area (Å²) in [6, 6.07) is 11.6. The standard InChI is InChI=1S/C19H17N3O5S/c1-20-16-7-6-13(9-17(16)22(24)25)19(23)27-10-14-11-28-18(21-14)12-4-3-5-15(8-12)26-2/h3-9,11,20H,10H2,1-2H3. The highest BCUT2D eigenvalue weighted by molar-refractivity contribution is 7.13. The SMILES string of the molecule is CNc1ccc(C(=O)OCc2csc(-c3cccc(OC)c3)n2)cc1[N+](=O)[O-]. The number of nitrogens with zero attached hydrogens (tertiary/aromatic N) is 2. The van der Waals surface area contributed by atoms with E-state index in [4.69, 9.17) is 9.47 Å². The van der Waals surface area contributed by atoms with Crippen molar-refractivity contribution in [2.24, 2.45) is 0 Å². The van der Waals surface area contributed by atoms with Crippen molar-refractivity contribution in [2.45, 2.75) is 6.61 Å². The summed E-state index contributed by atoms with van der Waals surface area (Å²) < 4.78 is 10.5. The molecule has 1 N–H and O–H groups in total. The molecular formula is C19H17N3O5S. The molecule has 0 amide bonds. The van der Waals surface area contributed by atoms with Crippen LogP contribution in [-0.4, -0.2) is 30.0 Å². The number of esters is 1. The average Bonchev–Trinajstić information content (AvgIpc) is 3.20. The van der Waals surface area contributed by atoms with Gasteiger partial charge in [-0.3, -0.25) is 10.1 Å². The number of benzene rings is 2. The van der Waals surface area contributed by atoms with Crippen molar-refractivity contribution >= 4 is 28.7 Å². The molecule has 0 saturated heterocycles. The number of ether oxygens (including phenoxy) is 2. The molecule has 28 heavy (non-hydrogen) atoms. The lowest BCUT2D eigenvalue weighted by atomic mass is 10.1. The number of nitro groups is 1. The number of anilines is 1. The molecule has 3 aromatic rings. The molecule has 2 aromatic carbocycles. The Kier molecular flexibility index (Phi) is 5.85. The van der Waals surface area contributed by atoms with Crippen LogP contribution in [0.4, 0.5) is 11.4 Å². The van der Waals surface area contributed by atoms with Crippen LogP contribution in [0.25, 0.3) is 10.6 Å². The molecule has 0 bridgehead atoms. The van der Waals surface area contributed by atoms with Crippen LogP contribution in [0.1, 0.15) is 16.1 Å². The van der Waals surface area contributed by atoms with E-state index in [1.54, 1.807) is 19.5 Å². The molecule has 0 radical (unpaired) electrons. The Hall–Kier alpha value is -3.46. The van der Waals surface area contributed by atoms with E-state index in [2.05, 4.69) is 10.3 Å². The summed E-state index contributed by atoms with van der Waals surface area (Å²) in [4.78, 5) is 27.3. The maximum atomic E-state index is 12.2. The Labute approximate surface area is 164 Å². The number of aromatic nitrogens is 1. The highest BCUT2D eigenvalue weighted by Gasteiger charge is 2.18. The second-order valence-corrected chi connectivity index (χ2v) is 6.55. The molecule has 0 fully saturated rings. The molecule has 1 aromatic heterocycles. The molecule has 9 heteroatoms. The minimum atomic E-state index is -0.651. The number of carbonyl (C=O) groups is 1. The number of rotatable bonds is 7. The van der Waals surface area contributed by atoms with Gasteiger partial charge >= 0.3 is 5.97 Å². The Bertz CT molecular complexity index is 1020. The van der Waals surface area contributed by atoms with Crippen molar-refractivity contribution in [3.8, 4) is 16.3 Å². The van der Waals surface area contributed by atoms with Gasteiger partial charge in [-0.1, -0.05) is 12.1 Å². The summed E-state index contributed by atoms with van der Waals surface area (Å²) in [5.41, 5.74) is 1.74. The molecule has 0 aliphatic heterocycles. The van der Waals surface area contributed by atoms with E-state index in [1.165, 1.54) is 29.5 Å². The van der Waals surface area contributed by atoms with Crippen LogP contribution in [-0.2, 0) is 11.3 Å². The number of nitro benzene ring substituents is 1. The maximum absolute atomic E-state index is 12.2. The third-order valence-electron chi connectivity index (χ3n) is 3.92. The lowest BCUT2D eigenvalue weighted by molar-refractivity contribution is -0.384. The third-order valence-corrected chi connectivity index (χ3v) is 4.86. The average molecular weight is 399 g/mol. The van der Waals surface area contributed by atoms with Crippen molar-refractivity contribution in [2.75, 3.05) is 19.5 Å². The summed E-state index contributed by atoms with van der Waals surface area (Å²) in [6.45, 7) is -0.0269. The van der Waals surface area contributed by atoms with Crippen LogP contribution in [0.3, 0.4) is 0 Å². The second kappa shape index (κ2) is 8.49. The smallest absolute Gasteiger partial charge is 0.338 e. The molecule has 0 unspecified atom stereocenters. The Morgan fingerprint density at radius 1 is 1.29 bits per heavy atom. The molecule has 0 spiro atoms. The van der Waals surface area contributed by atoms with Crippen LogP contribution in [0.5, 0.6) is 5.75 Å². The number of hydrogen-bond acceptors (Lipinski definition) is 8. The summed E-state index contributed by atoms with van der Waals surface area (Å²) in [5, 5.41) is 16.4. The second-order valence-electron chi connectivity index (χ2n) is 5.69. The monoisotopic (exact) mass is 399 g/mol. The van der Waals surface area contributed by atoms with Crippen molar-refractivity contribution in [3.63, 3.8) is 0 Å². The summed E-state index contributed by atoms with van der Waals surface area (Å²) in [7, 11) is 3.17. The predicted molar refractivity (Wildman–Crippen MR) is 106 cm³/mol. The van der Waals surface area contributed by atoms with E-state index in [1.807, 2.05) is 24.3 Å². The van der Waals surface area contributed by atoms with Gasteiger partial charge in [0, 0.05) is 24.1 Å². The lowest BCUT2D eigenvalue weighted by Crippen LogP contribution is -2.07. The van der Waals surface area contributed by atoms with Crippen LogP contribution in [0.15, 0.2) is 47.8 Å². The number of methoxy groups -OCH3 is 1. The van der Waals surface area contributed by atoms with Crippen LogP contribution >= 0.6 is 11.3 Å². The fourth-order valence-electron chi connectivity index (χ4n) is 2.51. The molecule has 8 nitrogen and oxygen atoms in total. The quantitative estimate of drug-likeness (QED) is 0.362. The van der Waals surface area contributed by atoms with E-state index >= 15 is 0 Å². The largest absolute Gasteiger partial charge is 0.497 e. The lowest BCUT2D eigenvalue weighted by Gasteiger charge is -2.06. The maximum Gasteiger partial charge on any atom is 0.338 e. The Morgan fingerprint density at radius 2 is 2.11 bits per heavy atom. The first-order valence-electron chi connectivity index (χ1n) is 8.24. The van der Waals surface area contributed by atoms with Gasteiger partial charge in [0.25, 0.3) is 5.69 Å². The van der Waals surface area contributed by atoms with Gasteiger partial charge in [-0.15, -0.1) is 11.3 Å². The van der Waals surface area contributed by atoms with Gasteiger partial charge in [0.15, 0.2) is 0 Å². The van der Waals surface area contributed by atoms with Crippen molar-refractivity contribution in [3.05, 3.63) is 69.2 Å². The van der Waals surface area contributed by atoms with E-state index < -0.39 is 10.9 Å². The molecule has 0 aliphatic carbocycles. The van der Waals surface area contributed by atoms with Crippen LogP contribution in [0, 0.1) is 10.1 Å². The molecule has 0 saturated carbocycles. The van der Waals surface area contributed by atoms with E-state index in [0.29, 0.717) is 11.4 Å². The molecule has 0 atom stereocenters. The van der Waals surface area contributed by atoms with Crippen LogP contribution in [0.2, 0.25) is 0 Å². The first-order chi connectivity index (χ1) is 13.5. The first kappa shape index (κ1) is 19.3. The molecular weight excluding hydrogens is 382 g/mol. The summed E-state index contributed by atoms with van der Waals surface area (Å²) >= 11 is 1.43. The zero-order valence-corrected chi connectivity index (χ0v) is 16.0. The van der Waals surface area contributed by atoms with Gasteiger partial charge in [-0.2, -0.15) is 0 Å². The van der Waals surface area contributed by atoms with E-state index in [0.717, 1.165) is 16.3 Å². The van der Waals surface area contributed by atoms with Crippen molar-refractivity contribution in [1.82, 2.24) is 4.98 Å². The van der Waals surface area contributed by atoms with E-state index in [-0.39, 0.29) is 17.9 Å². The van der Waals surface area contributed by atoms with Crippen molar-refractivity contribution in [1.29, 1.82) is 0 Å². The van der Waals surface area contributed by atoms with Crippen molar-refractivity contribution < 1.29 is 19.2 Å². The first-order valence-corrected chi connectivity index (χ1v) is 9.12.